The summed E-state index contributed by atoms with van der Waals surface area (Å²) in [5.74, 6) is 0.260. The normalized spacial score (nSPS) is 32.9. The van der Waals surface area contributed by atoms with E-state index in [0.717, 1.165) is 19.3 Å². The average molecular weight is 219 g/mol. The van der Waals surface area contributed by atoms with E-state index in [1.807, 2.05) is 6.92 Å². The van der Waals surface area contributed by atoms with E-state index in [2.05, 4.69) is 18.6 Å². The fourth-order valence-corrected chi connectivity index (χ4v) is 3.97. The number of nitrogens with one attached hydrogen (secondary N) is 1. The van der Waals surface area contributed by atoms with E-state index in [1.54, 1.807) is 0 Å². The fourth-order valence-electron chi connectivity index (χ4n) is 2.54. The van der Waals surface area contributed by atoms with Crippen LogP contribution in [0.25, 0.3) is 0 Å². The molecule has 2 atom stereocenters. The van der Waals surface area contributed by atoms with Crippen LogP contribution >= 0.6 is 0 Å². The number of rotatable bonds is 2. The van der Waals surface area contributed by atoms with E-state index in [9.17, 15) is 8.42 Å². The molecule has 3 nitrogen and oxygen atoms in total. The van der Waals surface area contributed by atoms with Gasteiger partial charge in [0.1, 0.15) is 0 Å². The zero-order valence-corrected chi connectivity index (χ0v) is 10.3. The van der Waals surface area contributed by atoms with Gasteiger partial charge in [-0.05, 0) is 37.6 Å². The third-order valence-corrected chi connectivity index (χ3v) is 5.36. The first-order valence-corrected chi connectivity index (χ1v) is 6.75. The third-order valence-electron chi connectivity index (χ3n) is 3.30. The molecule has 84 valence electrons. The van der Waals surface area contributed by atoms with E-state index >= 15 is 0 Å². The molecule has 0 aromatic carbocycles. The van der Waals surface area contributed by atoms with Gasteiger partial charge in [-0.15, -0.1) is 0 Å². The predicted octanol–water partition coefficient (Wildman–Crippen LogP) is 1.75. The van der Waals surface area contributed by atoms with E-state index in [1.165, 1.54) is 7.05 Å². The molecule has 1 saturated carbocycles. The standard InChI is InChI=1S/C10H21NO2S/c1-8-7-10(2,3)6-5-9(8)14(12,13)11-4/h8-9,11H,5-7H2,1-4H3. The maximum absolute atomic E-state index is 11.7. The summed E-state index contributed by atoms with van der Waals surface area (Å²) in [6.07, 6.45) is 2.79. The molecule has 0 saturated heterocycles. The second kappa shape index (κ2) is 3.81. The van der Waals surface area contributed by atoms with Gasteiger partial charge in [-0.2, -0.15) is 0 Å². The van der Waals surface area contributed by atoms with Crippen LogP contribution in [-0.2, 0) is 10.0 Å². The van der Waals surface area contributed by atoms with Crippen LogP contribution in [0.5, 0.6) is 0 Å². The molecule has 1 fully saturated rings. The molecule has 14 heavy (non-hydrogen) atoms. The van der Waals surface area contributed by atoms with Crippen LogP contribution in [0, 0.1) is 11.3 Å². The molecular formula is C10H21NO2S. The summed E-state index contributed by atoms with van der Waals surface area (Å²) in [7, 11) is -1.57. The van der Waals surface area contributed by atoms with E-state index < -0.39 is 10.0 Å². The van der Waals surface area contributed by atoms with Gasteiger partial charge in [-0.3, -0.25) is 0 Å². The Bertz CT molecular complexity index is 295. The summed E-state index contributed by atoms with van der Waals surface area (Å²) >= 11 is 0. The summed E-state index contributed by atoms with van der Waals surface area (Å²) in [6, 6.07) is 0. The first-order valence-electron chi connectivity index (χ1n) is 5.21. The molecule has 0 bridgehead atoms. The van der Waals surface area contributed by atoms with Crippen molar-refractivity contribution in [2.24, 2.45) is 11.3 Å². The lowest BCUT2D eigenvalue weighted by Crippen LogP contribution is -2.41. The molecule has 0 aromatic rings. The summed E-state index contributed by atoms with van der Waals surface area (Å²) in [4.78, 5) is 0. The van der Waals surface area contributed by atoms with Crippen LogP contribution in [-0.4, -0.2) is 20.7 Å². The molecule has 2 unspecified atom stereocenters. The zero-order chi connectivity index (χ0) is 11.0. The highest BCUT2D eigenvalue weighted by molar-refractivity contribution is 7.90. The molecule has 0 heterocycles. The minimum absolute atomic E-state index is 0.194. The van der Waals surface area contributed by atoms with Crippen LogP contribution in [0.2, 0.25) is 0 Å². The maximum atomic E-state index is 11.7. The number of hydrogen-bond acceptors (Lipinski definition) is 2. The summed E-state index contributed by atoms with van der Waals surface area (Å²) < 4.78 is 25.8. The molecule has 0 amide bonds. The van der Waals surface area contributed by atoms with Crippen molar-refractivity contribution < 1.29 is 8.42 Å². The largest absolute Gasteiger partial charge is 0.218 e. The van der Waals surface area contributed by atoms with Crippen LogP contribution < -0.4 is 4.72 Å². The van der Waals surface area contributed by atoms with Crippen molar-refractivity contribution >= 4 is 10.0 Å². The summed E-state index contributed by atoms with van der Waals surface area (Å²) in [5, 5.41) is -0.194. The van der Waals surface area contributed by atoms with Gasteiger partial charge in [0.2, 0.25) is 10.0 Å². The molecule has 1 N–H and O–H groups in total. The van der Waals surface area contributed by atoms with Crippen molar-refractivity contribution in [2.75, 3.05) is 7.05 Å². The zero-order valence-electron chi connectivity index (χ0n) is 9.50. The Morgan fingerprint density at radius 2 is 1.93 bits per heavy atom. The molecule has 0 aromatic heterocycles. The lowest BCUT2D eigenvalue weighted by atomic mass is 9.73. The maximum Gasteiger partial charge on any atom is 0.214 e. The Labute approximate surface area is 87.3 Å². The lowest BCUT2D eigenvalue weighted by molar-refractivity contribution is 0.193. The Balaban J connectivity index is 2.78. The third kappa shape index (κ3) is 2.48. The highest BCUT2D eigenvalue weighted by Crippen LogP contribution is 2.40. The number of hydrogen-bond donors (Lipinski definition) is 1. The molecule has 4 heteroatoms. The molecule has 1 aliphatic rings. The second-order valence-electron chi connectivity index (χ2n) is 5.17. The molecule has 1 aliphatic carbocycles. The highest BCUT2D eigenvalue weighted by Gasteiger charge is 2.38. The van der Waals surface area contributed by atoms with Crippen molar-refractivity contribution in [2.45, 2.75) is 45.3 Å². The quantitative estimate of drug-likeness (QED) is 0.769. The van der Waals surface area contributed by atoms with Crippen LogP contribution in [0.1, 0.15) is 40.0 Å². The van der Waals surface area contributed by atoms with Gasteiger partial charge in [0.25, 0.3) is 0 Å². The van der Waals surface area contributed by atoms with Gasteiger partial charge in [-0.25, -0.2) is 13.1 Å². The van der Waals surface area contributed by atoms with Gasteiger partial charge in [0, 0.05) is 0 Å². The van der Waals surface area contributed by atoms with Crippen molar-refractivity contribution in [3.63, 3.8) is 0 Å². The molecule has 1 rings (SSSR count). The van der Waals surface area contributed by atoms with Crippen molar-refractivity contribution in [1.82, 2.24) is 4.72 Å². The van der Waals surface area contributed by atoms with Gasteiger partial charge in [0.15, 0.2) is 0 Å². The number of sulfonamides is 1. The Hall–Kier alpha value is -0.0900. The van der Waals surface area contributed by atoms with E-state index in [0.29, 0.717) is 5.41 Å². The Morgan fingerprint density at radius 1 is 1.36 bits per heavy atom. The minimum atomic E-state index is -3.07. The molecule has 0 radical (unpaired) electrons. The van der Waals surface area contributed by atoms with Crippen LogP contribution in [0.15, 0.2) is 0 Å². The topological polar surface area (TPSA) is 46.2 Å². The van der Waals surface area contributed by atoms with Crippen LogP contribution in [0.3, 0.4) is 0 Å². The SMILES string of the molecule is CNS(=O)(=O)C1CCC(C)(C)CC1C. The van der Waals surface area contributed by atoms with Gasteiger partial charge >= 0.3 is 0 Å². The second-order valence-corrected chi connectivity index (χ2v) is 7.28. The van der Waals surface area contributed by atoms with Crippen molar-refractivity contribution in [3.05, 3.63) is 0 Å². The predicted molar refractivity (Wildman–Crippen MR) is 58.6 cm³/mol. The Kier molecular flexibility index (Phi) is 3.26. The highest BCUT2D eigenvalue weighted by atomic mass is 32.2. The van der Waals surface area contributed by atoms with Crippen molar-refractivity contribution in [3.8, 4) is 0 Å². The van der Waals surface area contributed by atoms with Gasteiger partial charge in [0.05, 0.1) is 5.25 Å². The smallest absolute Gasteiger partial charge is 0.214 e. The Morgan fingerprint density at radius 3 is 2.36 bits per heavy atom. The first-order chi connectivity index (χ1) is 6.28. The fraction of sp³-hybridized carbons (Fsp3) is 1.00. The first kappa shape index (κ1) is 12.0. The van der Waals surface area contributed by atoms with Gasteiger partial charge in [-0.1, -0.05) is 20.8 Å². The lowest BCUT2D eigenvalue weighted by Gasteiger charge is -2.38. The molecule has 0 spiro atoms. The molecular weight excluding hydrogens is 198 g/mol. The summed E-state index contributed by atoms with van der Waals surface area (Å²) in [5.41, 5.74) is 0.305. The van der Waals surface area contributed by atoms with Crippen LogP contribution in [0.4, 0.5) is 0 Å². The average Bonchev–Trinajstić information content (AvgIpc) is 2.01. The van der Waals surface area contributed by atoms with Gasteiger partial charge < -0.3 is 0 Å². The molecule has 0 aliphatic heterocycles. The van der Waals surface area contributed by atoms with Crippen molar-refractivity contribution in [1.29, 1.82) is 0 Å². The van der Waals surface area contributed by atoms with E-state index in [-0.39, 0.29) is 11.2 Å². The minimum Gasteiger partial charge on any atom is -0.218 e. The summed E-state index contributed by atoms with van der Waals surface area (Å²) in [6.45, 7) is 6.47. The monoisotopic (exact) mass is 219 g/mol. The van der Waals surface area contributed by atoms with E-state index in [4.69, 9.17) is 0 Å².